The fourth-order valence-corrected chi connectivity index (χ4v) is 6.98. The van der Waals surface area contributed by atoms with E-state index in [9.17, 15) is 26.8 Å². The molecule has 11 nitrogen and oxygen atoms in total. The Morgan fingerprint density at radius 3 is 2.52 bits per heavy atom. The van der Waals surface area contributed by atoms with Crippen LogP contribution in [0.1, 0.15) is 12.5 Å². The number of sulfonamides is 1. The topological polar surface area (TPSA) is 124 Å². The summed E-state index contributed by atoms with van der Waals surface area (Å²) in [5.74, 6) is -2.07. The summed E-state index contributed by atoms with van der Waals surface area (Å²) in [6, 6.07) is 15.9. The Hall–Kier alpha value is -4.27. The van der Waals surface area contributed by atoms with Crippen LogP contribution < -0.4 is 19.7 Å². The zero-order chi connectivity index (χ0) is 31.0. The summed E-state index contributed by atoms with van der Waals surface area (Å²) >= 11 is 0. The number of cyclic esters (lactones) is 1. The van der Waals surface area contributed by atoms with Crippen molar-refractivity contribution in [1.29, 1.82) is 0 Å². The normalized spacial score (nSPS) is 22.5. The van der Waals surface area contributed by atoms with Crippen LogP contribution in [0.2, 0.25) is 0 Å². The summed E-state index contributed by atoms with van der Waals surface area (Å²) < 4.78 is 78.1. The zero-order valence-corrected chi connectivity index (χ0v) is 24.3. The Morgan fingerprint density at radius 1 is 0.977 bits per heavy atom. The summed E-state index contributed by atoms with van der Waals surface area (Å²) in [5.41, 5.74) is 0.899. The van der Waals surface area contributed by atoms with Crippen LogP contribution >= 0.6 is 0 Å². The van der Waals surface area contributed by atoms with Gasteiger partial charge in [0.15, 0.2) is 29.2 Å². The van der Waals surface area contributed by atoms with Crippen LogP contribution in [-0.2, 0) is 30.7 Å². The number of hydrogen-bond acceptors (Lipinski definition) is 8. The molecular formula is C30H29F2N3O8S. The Kier molecular flexibility index (Phi) is 8.14. The predicted molar refractivity (Wildman–Crippen MR) is 152 cm³/mol. The second-order valence-corrected chi connectivity index (χ2v) is 12.6. The van der Waals surface area contributed by atoms with Crippen molar-refractivity contribution >= 4 is 27.7 Å². The highest BCUT2D eigenvalue weighted by Crippen LogP contribution is 2.35. The first-order chi connectivity index (χ1) is 21.1. The smallest absolute Gasteiger partial charge is 0.415 e. The fourth-order valence-electron chi connectivity index (χ4n) is 5.43. The Bertz CT molecular complexity index is 1680. The summed E-state index contributed by atoms with van der Waals surface area (Å²) in [6.45, 7) is 1.53. The molecule has 4 atom stereocenters. The quantitative estimate of drug-likeness (QED) is 0.403. The monoisotopic (exact) mass is 629 g/mol. The van der Waals surface area contributed by atoms with Crippen molar-refractivity contribution in [3.05, 3.63) is 83.9 Å². The second kappa shape index (κ2) is 12.0. The van der Waals surface area contributed by atoms with Gasteiger partial charge in [-0.05, 0) is 43.2 Å². The van der Waals surface area contributed by atoms with Crippen molar-refractivity contribution in [2.75, 3.05) is 31.3 Å². The minimum absolute atomic E-state index is 0.00517. The number of rotatable bonds is 8. The second-order valence-electron chi connectivity index (χ2n) is 10.7. The van der Waals surface area contributed by atoms with Crippen LogP contribution in [0.3, 0.4) is 0 Å². The molecule has 2 fully saturated rings. The van der Waals surface area contributed by atoms with E-state index in [0.717, 1.165) is 22.6 Å². The number of nitrogens with zero attached hydrogens (tertiary/aromatic N) is 2. The number of fused-ring (bicyclic) bond motifs is 1. The van der Waals surface area contributed by atoms with Gasteiger partial charge in [0.25, 0.3) is 5.91 Å². The number of halogens is 2. The molecule has 1 unspecified atom stereocenters. The molecule has 3 aromatic carbocycles. The lowest BCUT2D eigenvalue weighted by Gasteiger charge is -2.40. The van der Waals surface area contributed by atoms with Crippen molar-refractivity contribution in [3.63, 3.8) is 0 Å². The lowest BCUT2D eigenvalue weighted by molar-refractivity contribution is -0.131. The Morgan fingerprint density at radius 2 is 1.75 bits per heavy atom. The van der Waals surface area contributed by atoms with Gasteiger partial charge in [-0.15, -0.1) is 0 Å². The molecule has 0 spiro atoms. The molecule has 0 aliphatic carbocycles. The van der Waals surface area contributed by atoms with Gasteiger partial charge in [0, 0.05) is 25.2 Å². The number of carbonyl (C=O) groups excluding carboxylic acids is 2. The van der Waals surface area contributed by atoms with Gasteiger partial charge in [-0.2, -0.15) is 4.31 Å². The van der Waals surface area contributed by atoms with Gasteiger partial charge >= 0.3 is 6.09 Å². The van der Waals surface area contributed by atoms with E-state index in [1.54, 1.807) is 13.0 Å². The van der Waals surface area contributed by atoms with E-state index >= 15 is 0 Å². The summed E-state index contributed by atoms with van der Waals surface area (Å²) in [4.78, 5) is 27.1. The number of carbonyl (C=O) groups is 2. The molecule has 3 aromatic rings. The maximum absolute atomic E-state index is 13.8. The maximum atomic E-state index is 13.8. The highest BCUT2D eigenvalue weighted by molar-refractivity contribution is 7.89. The minimum Gasteiger partial charge on any atom is -0.454 e. The number of benzene rings is 3. The van der Waals surface area contributed by atoms with E-state index in [2.05, 4.69) is 5.32 Å². The van der Waals surface area contributed by atoms with Crippen LogP contribution in [0, 0.1) is 11.6 Å². The molecule has 0 saturated carbocycles. The van der Waals surface area contributed by atoms with Gasteiger partial charge in [0.2, 0.25) is 16.8 Å². The van der Waals surface area contributed by atoms with Gasteiger partial charge in [0.05, 0.1) is 35.4 Å². The van der Waals surface area contributed by atoms with Gasteiger partial charge in [-0.1, -0.05) is 30.3 Å². The van der Waals surface area contributed by atoms with Crippen molar-refractivity contribution in [2.24, 2.45) is 0 Å². The molecule has 2 amide bonds. The molecule has 0 aromatic heterocycles. The van der Waals surface area contributed by atoms with E-state index in [4.69, 9.17) is 18.9 Å². The largest absolute Gasteiger partial charge is 0.454 e. The number of amides is 2. The average molecular weight is 630 g/mol. The van der Waals surface area contributed by atoms with E-state index < -0.39 is 58.0 Å². The number of anilines is 1. The summed E-state index contributed by atoms with van der Waals surface area (Å²) in [5, 5.41) is 2.90. The Labute approximate surface area is 252 Å². The molecule has 3 aliphatic rings. The van der Waals surface area contributed by atoms with E-state index in [0.29, 0.717) is 11.5 Å². The molecule has 6 rings (SSSR count). The maximum Gasteiger partial charge on any atom is 0.415 e. The summed E-state index contributed by atoms with van der Waals surface area (Å²) in [6.07, 6.45) is -3.15. The van der Waals surface area contributed by atoms with Crippen molar-refractivity contribution in [3.8, 4) is 11.5 Å². The van der Waals surface area contributed by atoms with E-state index in [1.165, 1.54) is 22.5 Å². The third-order valence-electron chi connectivity index (χ3n) is 7.63. The molecule has 1 N–H and O–H groups in total. The molecule has 2 saturated heterocycles. The first-order valence-electron chi connectivity index (χ1n) is 13.9. The van der Waals surface area contributed by atoms with Gasteiger partial charge in [0.1, 0.15) is 0 Å². The number of nitrogens with one attached hydrogen (secondary N) is 1. The van der Waals surface area contributed by atoms with Gasteiger partial charge < -0.3 is 24.3 Å². The van der Waals surface area contributed by atoms with E-state index in [1.807, 2.05) is 30.3 Å². The SMILES string of the molecule is CC1CN(S(=O)(=O)c2ccc3c(c2)OCO3)C[C@H]([C@H](Cc2ccccc2)NC(=O)[C@@H]2CN(c3ccc(F)c(F)c3)C(=O)O2)O1. The molecule has 44 heavy (non-hydrogen) atoms. The van der Waals surface area contributed by atoms with Crippen molar-refractivity contribution in [2.45, 2.75) is 42.6 Å². The predicted octanol–water partition coefficient (Wildman–Crippen LogP) is 3.22. The third-order valence-corrected chi connectivity index (χ3v) is 9.45. The molecule has 3 heterocycles. The zero-order valence-electron chi connectivity index (χ0n) is 23.5. The first-order valence-corrected chi connectivity index (χ1v) is 15.4. The first kappa shape index (κ1) is 29.8. The lowest BCUT2D eigenvalue weighted by atomic mass is 9.99. The fraction of sp³-hybridized carbons (Fsp3) is 0.333. The Balaban J connectivity index is 1.22. The van der Waals surface area contributed by atoms with Crippen molar-refractivity contribution in [1.82, 2.24) is 9.62 Å². The number of ether oxygens (including phenoxy) is 4. The highest BCUT2D eigenvalue weighted by Gasteiger charge is 2.42. The van der Waals surface area contributed by atoms with Crippen LogP contribution in [0.25, 0.3) is 0 Å². The van der Waals surface area contributed by atoms with Crippen LogP contribution in [-0.4, -0.2) is 75.5 Å². The van der Waals surface area contributed by atoms with Crippen LogP contribution in [0.5, 0.6) is 11.5 Å². The molecule has 14 heteroatoms. The standard InChI is InChI=1S/C30H29F2N3O8S/c1-18-14-34(44(38,39)21-8-10-25-26(13-21)41-17-40-25)15-27(42-18)24(11-19-5-3-2-4-6-19)33-29(36)28-16-35(30(37)43-28)20-7-9-22(31)23(32)12-20/h2-10,12-13,18,24,27-28H,11,14-17H2,1H3,(H,33,36)/t18?,24-,27+,28-/m0/s1. The highest BCUT2D eigenvalue weighted by atomic mass is 32.2. The molecule has 0 bridgehead atoms. The van der Waals surface area contributed by atoms with Crippen LogP contribution in [0.15, 0.2) is 71.6 Å². The molecular weight excluding hydrogens is 600 g/mol. The number of morpholine rings is 1. The molecule has 3 aliphatic heterocycles. The third kappa shape index (κ3) is 6.05. The average Bonchev–Trinajstić information content (AvgIpc) is 3.64. The number of hydrogen-bond donors (Lipinski definition) is 1. The van der Waals surface area contributed by atoms with E-state index in [-0.39, 0.29) is 43.4 Å². The van der Waals surface area contributed by atoms with Crippen molar-refractivity contribution < 1.29 is 45.7 Å². The molecule has 0 radical (unpaired) electrons. The lowest BCUT2D eigenvalue weighted by Crippen LogP contribution is -2.58. The molecule has 232 valence electrons. The van der Waals surface area contributed by atoms with Gasteiger partial charge in [-0.25, -0.2) is 22.0 Å². The van der Waals surface area contributed by atoms with Crippen LogP contribution in [0.4, 0.5) is 19.3 Å². The van der Waals surface area contributed by atoms with Gasteiger partial charge in [-0.3, -0.25) is 9.69 Å². The summed E-state index contributed by atoms with van der Waals surface area (Å²) in [7, 11) is -3.98. The minimum atomic E-state index is -3.98.